The Labute approximate surface area is 110 Å². The van der Waals surface area contributed by atoms with Crippen molar-refractivity contribution in [2.75, 3.05) is 13.1 Å². The summed E-state index contributed by atoms with van der Waals surface area (Å²) in [5.41, 5.74) is 8.57. The maximum atomic E-state index is 6.07. The Bertz CT molecular complexity index is 387. The van der Waals surface area contributed by atoms with Crippen molar-refractivity contribution in [3.63, 3.8) is 0 Å². The smallest absolute Gasteiger partial charge is 0.191 e. The van der Waals surface area contributed by atoms with Gasteiger partial charge in [-0.2, -0.15) is 0 Å². The predicted octanol–water partition coefficient (Wildman–Crippen LogP) is 2.69. The molecule has 1 aromatic carbocycles. The van der Waals surface area contributed by atoms with Crippen molar-refractivity contribution in [2.24, 2.45) is 10.7 Å². The third kappa shape index (κ3) is 3.76. The minimum atomic E-state index is 0.683. The van der Waals surface area contributed by atoms with Gasteiger partial charge in [-0.1, -0.05) is 42.7 Å². The van der Waals surface area contributed by atoms with Gasteiger partial charge in [-0.15, -0.1) is 0 Å². The number of hydrogen-bond donors (Lipinski definition) is 1. The molecule has 2 N–H and O–H groups in total. The molecule has 0 atom stereocenters. The highest BCUT2D eigenvalue weighted by molar-refractivity contribution is 5.78. The topological polar surface area (TPSA) is 41.6 Å². The van der Waals surface area contributed by atoms with E-state index in [0.29, 0.717) is 12.5 Å². The van der Waals surface area contributed by atoms with Crippen molar-refractivity contribution in [2.45, 2.75) is 39.2 Å². The van der Waals surface area contributed by atoms with Crippen molar-refractivity contribution in [1.82, 2.24) is 4.90 Å². The van der Waals surface area contributed by atoms with Crippen molar-refractivity contribution in [3.05, 3.63) is 35.4 Å². The van der Waals surface area contributed by atoms with Crippen LogP contribution >= 0.6 is 0 Å². The zero-order chi connectivity index (χ0) is 12.8. The molecule has 18 heavy (non-hydrogen) atoms. The molecule has 3 heteroatoms. The van der Waals surface area contributed by atoms with Crippen molar-refractivity contribution in [3.8, 4) is 0 Å². The van der Waals surface area contributed by atoms with Crippen LogP contribution < -0.4 is 5.73 Å². The Kier molecular flexibility index (Phi) is 4.62. The summed E-state index contributed by atoms with van der Waals surface area (Å²) in [7, 11) is 0. The molecular formula is C15H23N3. The van der Waals surface area contributed by atoms with E-state index in [9.17, 15) is 0 Å². The summed E-state index contributed by atoms with van der Waals surface area (Å²) in [6.45, 7) is 4.90. The summed E-state index contributed by atoms with van der Waals surface area (Å²) in [6, 6.07) is 8.48. The molecule has 1 aliphatic heterocycles. The Morgan fingerprint density at radius 3 is 2.33 bits per heavy atom. The highest BCUT2D eigenvalue weighted by Gasteiger charge is 2.10. The predicted molar refractivity (Wildman–Crippen MR) is 76.5 cm³/mol. The normalized spacial score (nSPS) is 17.6. The van der Waals surface area contributed by atoms with Crippen LogP contribution in [0.4, 0.5) is 0 Å². The molecule has 0 spiro atoms. The zero-order valence-corrected chi connectivity index (χ0v) is 11.2. The molecule has 2 rings (SSSR count). The Balaban J connectivity index is 1.93. The SMILES string of the molecule is Cc1ccc(CN=C(N)N2CCCCCC2)cc1. The van der Waals surface area contributed by atoms with Gasteiger partial charge < -0.3 is 10.6 Å². The van der Waals surface area contributed by atoms with Crippen molar-refractivity contribution in [1.29, 1.82) is 0 Å². The van der Waals surface area contributed by atoms with Crippen LogP contribution in [0.3, 0.4) is 0 Å². The van der Waals surface area contributed by atoms with E-state index in [2.05, 4.69) is 41.1 Å². The second-order valence-electron chi connectivity index (χ2n) is 5.06. The van der Waals surface area contributed by atoms with Gasteiger partial charge in [0, 0.05) is 13.1 Å². The number of likely N-dealkylation sites (tertiary alicyclic amines) is 1. The lowest BCUT2D eigenvalue weighted by molar-refractivity contribution is 0.428. The molecule has 1 saturated heterocycles. The van der Waals surface area contributed by atoms with E-state index in [0.717, 1.165) is 13.1 Å². The summed E-state index contributed by atoms with van der Waals surface area (Å²) in [4.78, 5) is 6.73. The summed E-state index contributed by atoms with van der Waals surface area (Å²) >= 11 is 0. The monoisotopic (exact) mass is 245 g/mol. The van der Waals surface area contributed by atoms with Gasteiger partial charge in [0.15, 0.2) is 5.96 Å². The standard InChI is InChI=1S/C15H23N3/c1-13-6-8-14(9-7-13)12-17-15(16)18-10-4-2-3-5-11-18/h6-9H,2-5,10-12H2,1H3,(H2,16,17). The van der Waals surface area contributed by atoms with E-state index < -0.39 is 0 Å². The van der Waals surface area contributed by atoms with Gasteiger partial charge in [-0.25, -0.2) is 4.99 Å². The van der Waals surface area contributed by atoms with Crippen LogP contribution in [-0.4, -0.2) is 23.9 Å². The van der Waals surface area contributed by atoms with Crippen molar-refractivity contribution >= 4 is 5.96 Å². The maximum absolute atomic E-state index is 6.07. The number of aryl methyl sites for hydroxylation is 1. The first kappa shape index (κ1) is 12.9. The molecule has 3 nitrogen and oxygen atoms in total. The molecule has 0 amide bonds. The van der Waals surface area contributed by atoms with Gasteiger partial charge in [-0.3, -0.25) is 0 Å². The largest absolute Gasteiger partial charge is 0.370 e. The fourth-order valence-electron chi connectivity index (χ4n) is 2.27. The summed E-state index contributed by atoms with van der Waals surface area (Å²) in [5.74, 6) is 0.706. The van der Waals surface area contributed by atoms with Gasteiger partial charge in [0.05, 0.1) is 6.54 Å². The van der Waals surface area contributed by atoms with E-state index in [1.807, 2.05) is 0 Å². The van der Waals surface area contributed by atoms with Crippen LogP contribution in [0.25, 0.3) is 0 Å². The van der Waals surface area contributed by atoms with Gasteiger partial charge >= 0.3 is 0 Å². The number of hydrogen-bond acceptors (Lipinski definition) is 1. The molecule has 1 fully saturated rings. The Hall–Kier alpha value is -1.51. The van der Waals surface area contributed by atoms with Crippen LogP contribution in [0.2, 0.25) is 0 Å². The van der Waals surface area contributed by atoms with Crippen LogP contribution in [-0.2, 0) is 6.54 Å². The van der Waals surface area contributed by atoms with Crippen LogP contribution in [0.5, 0.6) is 0 Å². The number of rotatable bonds is 2. The fourth-order valence-corrected chi connectivity index (χ4v) is 2.27. The molecule has 0 unspecified atom stereocenters. The molecule has 0 aliphatic carbocycles. The minimum absolute atomic E-state index is 0.683. The second-order valence-corrected chi connectivity index (χ2v) is 5.06. The molecule has 0 aromatic heterocycles. The Morgan fingerprint density at radius 1 is 1.11 bits per heavy atom. The third-order valence-electron chi connectivity index (χ3n) is 3.47. The highest BCUT2D eigenvalue weighted by Crippen LogP contribution is 2.10. The van der Waals surface area contributed by atoms with Gasteiger partial charge in [-0.05, 0) is 25.3 Å². The van der Waals surface area contributed by atoms with Gasteiger partial charge in [0.1, 0.15) is 0 Å². The van der Waals surface area contributed by atoms with Crippen LogP contribution in [0.15, 0.2) is 29.3 Å². The highest BCUT2D eigenvalue weighted by atomic mass is 15.2. The van der Waals surface area contributed by atoms with Crippen LogP contribution in [0.1, 0.15) is 36.8 Å². The van der Waals surface area contributed by atoms with Crippen molar-refractivity contribution < 1.29 is 0 Å². The third-order valence-corrected chi connectivity index (χ3v) is 3.47. The fraction of sp³-hybridized carbons (Fsp3) is 0.533. The number of aliphatic imine (C=N–C) groups is 1. The molecule has 0 radical (unpaired) electrons. The number of nitrogens with zero attached hydrogens (tertiary/aromatic N) is 2. The lowest BCUT2D eigenvalue weighted by Gasteiger charge is -2.21. The molecule has 0 bridgehead atoms. The first-order valence-corrected chi connectivity index (χ1v) is 6.86. The lowest BCUT2D eigenvalue weighted by atomic mass is 10.1. The molecule has 0 saturated carbocycles. The van der Waals surface area contributed by atoms with Gasteiger partial charge in [0.25, 0.3) is 0 Å². The Morgan fingerprint density at radius 2 is 1.72 bits per heavy atom. The zero-order valence-electron chi connectivity index (χ0n) is 11.2. The lowest BCUT2D eigenvalue weighted by Crippen LogP contribution is -2.38. The number of benzene rings is 1. The minimum Gasteiger partial charge on any atom is -0.370 e. The van der Waals surface area contributed by atoms with Gasteiger partial charge in [0.2, 0.25) is 0 Å². The molecule has 1 aliphatic rings. The first-order valence-electron chi connectivity index (χ1n) is 6.86. The summed E-state index contributed by atoms with van der Waals surface area (Å²) < 4.78 is 0. The quantitative estimate of drug-likeness (QED) is 0.643. The first-order chi connectivity index (χ1) is 8.75. The average Bonchev–Trinajstić information content (AvgIpc) is 2.66. The van der Waals surface area contributed by atoms with E-state index in [-0.39, 0.29) is 0 Å². The van der Waals surface area contributed by atoms with E-state index in [4.69, 9.17) is 5.73 Å². The van der Waals surface area contributed by atoms with E-state index in [1.54, 1.807) is 0 Å². The second kappa shape index (κ2) is 6.43. The van der Waals surface area contributed by atoms with E-state index >= 15 is 0 Å². The molecule has 98 valence electrons. The van der Waals surface area contributed by atoms with E-state index in [1.165, 1.54) is 36.8 Å². The molecule has 1 heterocycles. The van der Waals surface area contributed by atoms with Crippen LogP contribution in [0, 0.1) is 6.92 Å². The summed E-state index contributed by atoms with van der Waals surface area (Å²) in [6.07, 6.45) is 5.12. The average molecular weight is 245 g/mol. The summed E-state index contributed by atoms with van der Waals surface area (Å²) in [5, 5.41) is 0. The number of nitrogens with two attached hydrogens (primary N) is 1. The number of guanidine groups is 1. The molecule has 1 aromatic rings. The maximum Gasteiger partial charge on any atom is 0.191 e. The molecular weight excluding hydrogens is 222 g/mol.